The van der Waals surface area contributed by atoms with Gasteiger partial charge in [-0.25, -0.2) is 0 Å². The van der Waals surface area contributed by atoms with Crippen molar-refractivity contribution in [2.45, 2.75) is 39.2 Å². The second-order valence-corrected chi connectivity index (χ2v) is 7.10. The summed E-state index contributed by atoms with van der Waals surface area (Å²) in [6.07, 6.45) is 1.49. The van der Waals surface area contributed by atoms with E-state index in [4.69, 9.17) is 19.4 Å². The van der Waals surface area contributed by atoms with Gasteiger partial charge in [0.15, 0.2) is 17.2 Å². The van der Waals surface area contributed by atoms with E-state index in [1.165, 1.54) is 13.0 Å². The molecule has 1 atom stereocenters. The zero-order valence-corrected chi connectivity index (χ0v) is 17.3. The van der Waals surface area contributed by atoms with Crippen molar-refractivity contribution < 1.29 is 33.8 Å². The number of ether oxygens (including phenoxy) is 2. The molecule has 0 bridgehead atoms. The first-order valence-electron chi connectivity index (χ1n) is 9.88. The number of hydrogen-bond acceptors (Lipinski definition) is 6. The first-order valence-corrected chi connectivity index (χ1v) is 9.88. The van der Waals surface area contributed by atoms with Gasteiger partial charge in [0.1, 0.15) is 6.04 Å². The number of carbonyl (C=O) groups is 3. The average Bonchev–Trinajstić information content (AvgIpc) is 3.20. The number of benzene rings is 2. The normalized spacial score (nSPS) is 12.7. The monoisotopic (exact) mass is 428 g/mol. The molecule has 0 saturated heterocycles. The topological polar surface area (TPSA) is 123 Å². The third-order valence-corrected chi connectivity index (χ3v) is 4.64. The fourth-order valence-electron chi connectivity index (χ4n) is 3.01. The first-order chi connectivity index (χ1) is 14.9. The predicted octanol–water partition coefficient (Wildman–Crippen LogP) is 2.22. The third-order valence-electron chi connectivity index (χ3n) is 4.64. The molecule has 9 heteroatoms. The van der Waals surface area contributed by atoms with Gasteiger partial charge in [-0.2, -0.15) is 5.48 Å². The van der Waals surface area contributed by atoms with Crippen molar-refractivity contribution in [3.05, 3.63) is 53.1 Å². The summed E-state index contributed by atoms with van der Waals surface area (Å²) in [6.45, 7) is 3.53. The Labute approximate surface area is 179 Å². The smallest absolute Gasteiger partial charge is 0.325 e. The number of aryl methyl sites for hydroxylation is 1. The Balaban J connectivity index is 1.62. The van der Waals surface area contributed by atoms with Crippen LogP contribution in [-0.4, -0.2) is 35.7 Å². The largest absolute Gasteiger partial charge is 0.480 e. The zero-order chi connectivity index (χ0) is 22.4. The van der Waals surface area contributed by atoms with Gasteiger partial charge in [-0.05, 0) is 54.8 Å². The Morgan fingerprint density at radius 2 is 1.90 bits per heavy atom. The van der Waals surface area contributed by atoms with Crippen LogP contribution < -0.4 is 25.1 Å². The predicted molar refractivity (Wildman–Crippen MR) is 110 cm³/mol. The van der Waals surface area contributed by atoms with E-state index in [0.29, 0.717) is 29.2 Å². The van der Waals surface area contributed by atoms with E-state index in [0.717, 1.165) is 17.5 Å². The molecule has 1 unspecified atom stereocenters. The Morgan fingerprint density at radius 1 is 1.13 bits per heavy atom. The van der Waals surface area contributed by atoms with E-state index in [1.54, 1.807) is 30.3 Å². The SMILES string of the molecule is CCCc1cc(C(=O)NC(C)C(=O)O)ccc1ONC(=O)Cc1ccc2c(c1)OCO2. The number of aliphatic carboxylic acids is 1. The maximum Gasteiger partial charge on any atom is 0.325 e. The van der Waals surface area contributed by atoms with E-state index in [9.17, 15) is 14.4 Å². The number of carboxylic acids is 1. The van der Waals surface area contributed by atoms with Crippen molar-refractivity contribution in [2.24, 2.45) is 0 Å². The van der Waals surface area contributed by atoms with E-state index in [1.807, 2.05) is 6.92 Å². The number of hydrogen-bond donors (Lipinski definition) is 3. The van der Waals surface area contributed by atoms with Gasteiger partial charge in [0.25, 0.3) is 11.8 Å². The molecule has 1 aliphatic heterocycles. The van der Waals surface area contributed by atoms with Crippen LogP contribution in [0.1, 0.15) is 41.8 Å². The molecule has 2 amide bonds. The number of nitrogens with one attached hydrogen (secondary N) is 2. The molecule has 3 N–H and O–H groups in total. The van der Waals surface area contributed by atoms with Crippen molar-refractivity contribution in [2.75, 3.05) is 6.79 Å². The Morgan fingerprint density at radius 3 is 2.65 bits per heavy atom. The van der Waals surface area contributed by atoms with Crippen LogP contribution in [0.2, 0.25) is 0 Å². The van der Waals surface area contributed by atoms with Gasteiger partial charge < -0.3 is 24.7 Å². The molecule has 0 radical (unpaired) electrons. The third kappa shape index (κ3) is 5.65. The van der Waals surface area contributed by atoms with Crippen LogP contribution in [0.15, 0.2) is 36.4 Å². The molecular formula is C22H24N2O7. The van der Waals surface area contributed by atoms with Gasteiger partial charge in [0, 0.05) is 5.56 Å². The molecule has 0 aromatic heterocycles. The number of fused-ring (bicyclic) bond motifs is 1. The average molecular weight is 428 g/mol. The lowest BCUT2D eigenvalue weighted by Crippen LogP contribution is -2.38. The van der Waals surface area contributed by atoms with Crippen molar-refractivity contribution in [1.82, 2.24) is 10.8 Å². The number of rotatable bonds is 9. The lowest BCUT2D eigenvalue weighted by molar-refractivity contribution is -0.138. The Kier molecular flexibility index (Phi) is 6.96. The van der Waals surface area contributed by atoms with Crippen LogP contribution in [0, 0.1) is 0 Å². The molecule has 2 aromatic carbocycles. The highest BCUT2D eigenvalue weighted by Crippen LogP contribution is 2.32. The van der Waals surface area contributed by atoms with Crippen molar-refractivity contribution in [3.63, 3.8) is 0 Å². The summed E-state index contributed by atoms with van der Waals surface area (Å²) in [5.41, 5.74) is 4.21. The maximum atomic E-state index is 12.3. The van der Waals surface area contributed by atoms with Crippen LogP contribution >= 0.6 is 0 Å². The van der Waals surface area contributed by atoms with Crippen molar-refractivity contribution >= 4 is 17.8 Å². The van der Waals surface area contributed by atoms with Gasteiger partial charge in [0.2, 0.25) is 6.79 Å². The molecule has 31 heavy (non-hydrogen) atoms. The number of carboxylic acid groups (broad SMARTS) is 1. The highest BCUT2D eigenvalue weighted by Gasteiger charge is 2.18. The summed E-state index contributed by atoms with van der Waals surface area (Å²) in [5, 5.41) is 11.4. The summed E-state index contributed by atoms with van der Waals surface area (Å²) in [4.78, 5) is 41.0. The lowest BCUT2D eigenvalue weighted by atomic mass is 10.0. The van der Waals surface area contributed by atoms with Crippen molar-refractivity contribution in [3.8, 4) is 17.2 Å². The molecule has 0 spiro atoms. The molecule has 9 nitrogen and oxygen atoms in total. The molecule has 1 aliphatic rings. The molecule has 0 fully saturated rings. The summed E-state index contributed by atoms with van der Waals surface area (Å²) in [5.74, 6) is -0.297. The van der Waals surface area contributed by atoms with Gasteiger partial charge in [0.05, 0.1) is 6.42 Å². The Hall–Kier alpha value is -3.75. The highest BCUT2D eigenvalue weighted by molar-refractivity contribution is 5.96. The Bertz CT molecular complexity index is 990. The van der Waals surface area contributed by atoms with Crippen LogP contribution in [-0.2, 0) is 22.4 Å². The molecule has 1 heterocycles. The van der Waals surface area contributed by atoms with Crippen molar-refractivity contribution in [1.29, 1.82) is 0 Å². The summed E-state index contributed by atoms with van der Waals surface area (Å²) < 4.78 is 10.6. The van der Waals surface area contributed by atoms with E-state index in [2.05, 4.69) is 10.8 Å². The quantitative estimate of drug-likeness (QED) is 0.523. The molecule has 0 saturated carbocycles. The molecule has 164 valence electrons. The van der Waals surface area contributed by atoms with Gasteiger partial charge >= 0.3 is 5.97 Å². The molecular weight excluding hydrogens is 404 g/mol. The van der Waals surface area contributed by atoms with Crippen LogP contribution in [0.3, 0.4) is 0 Å². The lowest BCUT2D eigenvalue weighted by Gasteiger charge is -2.14. The van der Waals surface area contributed by atoms with E-state index >= 15 is 0 Å². The summed E-state index contributed by atoms with van der Waals surface area (Å²) in [6, 6.07) is 8.99. The van der Waals surface area contributed by atoms with Gasteiger partial charge in [-0.15, -0.1) is 0 Å². The summed E-state index contributed by atoms with van der Waals surface area (Å²) >= 11 is 0. The number of hydroxylamine groups is 1. The van der Waals surface area contributed by atoms with Crippen LogP contribution in [0.25, 0.3) is 0 Å². The number of amides is 2. The first kappa shape index (κ1) is 21.9. The maximum absolute atomic E-state index is 12.3. The minimum Gasteiger partial charge on any atom is -0.480 e. The molecule has 2 aromatic rings. The minimum atomic E-state index is -1.12. The van der Waals surface area contributed by atoms with Crippen LogP contribution in [0.5, 0.6) is 17.2 Å². The molecule has 3 rings (SSSR count). The van der Waals surface area contributed by atoms with Crippen LogP contribution in [0.4, 0.5) is 0 Å². The number of carbonyl (C=O) groups excluding carboxylic acids is 2. The fraction of sp³-hybridized carbons (Fsp3) is 0.318. The highest BCUT2D eigenvalue weighted by atomic mass is 16.7. The van der Waals surface area contributed by atoms with E-state index < -0.39 is 17.9 Å². The summed E-state index contributed by atoms with van der Waals surface area (Å²) in [7, 11) is 0. The van der Waals surface area contributed by atoms with E-state index in [-0.39, 0.29) is 19.1 Å². The van der Waals surface area contributed by atoms with Gasteiger partial charge in [-0.1, -0.05) is 19.4 Å². The molecule has 0 aliphatic carbocycles. The second-order valence-electron chi connectivity index (χ2n) is 7.10. The fourth-order valence-corrected chi connectivity index (χ4v) is 3.01. The minimum absolute atomic E-state index is 0.0906. The van der Waals surface area contributed by atoms with Gasteiger partial charge in [-0.3, -0.25) is 14.4 Å². The standard InChI is InChI=1S/C22H24N2O7/c1-3-4-15-11-16(21(26)23-13(2)22(27)28)6-8-17(15)31-24-20(25)10-14-5-7-18-19(9-14)30-12-29-18/h5-9,11,13H,3-4,10,12H2,1-2H3,(H,23,26)(H,24,25)(H,27,28). The second kappa shape index (κ2) is 9.84. The zero-order valence-electron chi connectivity index (χ0n) is 17.3.